The van der Waals surface area contributed by atoms with Crippen molar-refractivity contribution in [1.29, 1.82) is 0 Å². The molecule has 0 saturated carbocycles. The van der Waals surface area contributed by atoms with Crippen LogP contribution in [0, 0.1) is 0 Å². The average Bonchev–Trinajstić information content (AvgIpc) is 2.67. The molecule has 0 aromatic carbocycles. The van der Waals surface area contributed by atoms with E-state index in [1.54, 1.807) is 6.92 Å². The van der Waals surface area contributed by atoms with Crippen molar-refractivity contribution < 1.29 is 19.2 Å². The van der Waals surface area contributed by atoms with E-state index in [1.807, 2.05) is 0 Å². The highest BCUT2D eigenvalue weighted by atomic mass is 16.5. The van der Waals surface area contributed by atoms with Crippen molar-refractivity contribution in [3.8, 4) is 0 Å². The van der Waals surface area contributed by atoms with Crippen LogP contribution >= 0.6 is 0 Å². The molecular weight excluding hydrogens is 200 g/mol. The van der Waals surface area contributed by atoms with Gasteiger partial charge >= 0.3 is 0 Å². The van der Waals surface area contributed by atoms with Crippen LogP contribution in [0.5, 0.6) is 0 Å². The smallest absolute Gasteiger partial charge is 0.273 e. The van der Waals surface area contributed by atoms with Gasteiger partial charge in [-0.3, -0.25) is 4.79 Å². The van der Waals surface area contributed by atoms with Gasteiger partial charge in [-0.25, -0.2) is 0 Å². The molecule has 1 aromatic heterocycles. The molecule has 2 N–H and O–H groups in total. The standard InChI is InChI=1S/C9H14N2O4/c1-6(4-12)10-9(13)8-3-7(5-14-2)15-11-8/h3,6,12H,4-5H2,1-2H3,(H,10,13)/t6-/m0/s1. The molecule has 0 saturated heterocycles. The molecule has 1 aromatic rings. The van der Waals surface area contributed by atoms with Crippen LogP contribution in [0.25, 0.3) is 0 Å². The van der Waals surface area contributed by atoms with E-state index in [9.17, 15) is 4.79 Å². The Hall–Kier alpha value is -1.40. The van der Waals surface area contributed by atoms with Gasteiger partial charge in [0.1, 0.15) is 6.61 Å². The van der Waals surface area contributed by atoms with Gasteiger partial charge in [0.15, 0.2) is 11.5 Å². The number of rotatable bonds is 5. The number of nitrogens with zero attached hydrogens (tertiary/aromatic N) is 1. The average molecular weight is 214 g/mol. The molecule has 0 bridgehead atoms. The van der Waals surface area contributed by atoms with Crippen LogP contribution in [0.1, 0.15) is 23.2 Å². The van der Waals surface area contributed by atoms with Gasteiger partial charge in [-0.1, -0.05) is 5.16 Å². The zero-order valence-electron chi connectivity index (χ0n) is 8.69. The maximum absolute atomic E-state index is 11.4. The molecule has 0 aliphatic rings. The molecule has 0 aliphatic heterocycles. The van der Waals surface area contributed by atoms with Crippen molar-refractivity contribution in [1.82, 2.24) is 10.5 Å². The fourth-order valence-electron chi connectivity index (χ4n) is 0.974. The second-order valence-corrected chi connectivity index (χ2v) is 3.17. The molecule has 6 heteroatoms. The Kier molecular flexibility index (Phi) is 4.26. The number of hydrogen-bond donors (Lipinski definition) is 2. The Morgan fingerprint density at radius 2 is 2.53 bits per heavy atom. The molecule has 1 heterocycles. The molecular formula is C9H14N2O4. The number of ether oxygens (including phenoxy) is 1. The first kappa shape index (κ1) is 11.7. The Balaban J connectivity index is 2.58. The number of carbonyl (C=O) groups excluding carboxylic acids is 1. The third-order valence-electron chi connectivity index (χ3n) is 1.73. The third kappa shape index (κ3) is 3.34. The summed E-state index contributed by atoms with van der Waals surface area (Å²) < 4.78 is 9.66. The van der Waals surface area contributed by atoms with Gasteiger partial charge in [-0.05, 0) is 6.92 Å². The summed E-state index contributed by atoms with van der Waals surface area (Å²) in [7, 11) is 1.52. The molecule has 6 nitrogen and oxygen atoms in total. The van der Waals surface area contributed by atoms with E-state index in [2.05, 4.69) is 10.5 Å². The van der Waals surface area contributed by atoms with Gasteiger partial charge < -0.3 is 19.7 Å². The Bertz CT molecular complexity index is 324. The van der Waals surface area contributed by atoms with E-state index >= 15 is 0 Å². The van der Waals surface area contributed by atoms with E-state index in [-0.39, 0.29) is 30.9 Å². The van der Waals surface area contributed by atoms with Crippen molar-refractivity contribution in [2.24, 2.45) is 0 Å². The lowest BCUT2D eigenvalue weighted by Gasteiger charge is -2.07. The number of aliphatic hydroxyl groups excluding tert-OH is 1. The first-order valence-electron chi connectivity index (χ1n) is 4.53. The van der Waals surface area contributed by atoms with E-state index in [4.69, 9.17) is 14.4 Å². The summed E-state index contributed by atoms with van der Waals surface area (Å²) >= 11 is 0. The fourth-order valence-corrected chi connectivity index (χ4v) is 0.974. The summed E-state index contributed by atoms with van der Waals surface area (Å²) in [6, 6.07) is 1.20. The predicted molar refractivity (Wildman–Crippen MR) is 51.2 cm³/mol. The summed E-state index contributed by atoms with van der Waals surface area (Å²) in [4.78, 5) is 11.4. The zero-order valence-corrected chi connectivity index (χ0v) is 8.69. The summed E-state index contributed by atoms with van der Waals surface area (Å²) in [6.45, 7) is 1.85. The van der Waals surface area contributed by atoms with Crippen molar-refractivity contribution in [2.45, 2.75) is 19.6 Å². The molecule has 1 atom stereocenters. The molecule has 0 fully saturated rings. The van der Waals surface area contributed by atoms with Gasteiger partial charge in [-0.15, -0.1) is 0 Å². The van der Waals surface area contributed by atoms with Crippen LogP contribution in [0.3, 0.4) is 0 Å². The highest BCUT2D eigenvalue weighted by Gasteiger charge is 2.14. The topological polar surface area (TPSA) is 84.6 Å². The second kappa shape index (κ2) is 5.47. The largest absolute Gasteiger partial charge is 0.394 e. The minimum atomic E-state index is -0.373. The summed E-state index contributed by atoms with van der Waals surface area (Å²) in [6.07, 6.45) is 0. The maximum atomic E-state index is 11.4. The third-order valence-corrected chi connectivity index (χ3v) is 1.73. The number of carbonyl (C=O) groups is 1. The van der Waals surface area contributed by atoms with Crippen molar-refractivity contribution in [2.75, 3.05) is 13.7 Å². The van der Waals surface area contributed by atoms with Crippen LogP contribution in [-0.2, 0) is 11.3 Å². The van der Waals surface area contributed by atoms with E-state index in [1.165, 1.54) is 13.2 Å². The molecule has 0 spiro atoms. The van der Waals surface area contributed by atoms with E-state index in [0.717, 1.165) is 0 Å². The van der Waals surface area contributed by atoms with Crippen molar-refractivity contribution in [3.05, 3.63) is 17.5 Å². The number of amides is 1. The minimum Gasteiger partial charge on any atom is -0.394 e. The van der Waals surface area contributed by atoms with Crippen LogP contribution in [0.4, 0.5) is 0 Å². The molecule has 0 radical (unpaired) electrons. The Labute approximate surface area is 87.2 Å². The van der Waals surface area contributed by atoms with Gasteiger partial charge in [0.05, 0.1) is 6.61 Å². The van der Waals surface area contributed by atoms with Gasteiger partial charge in [0.25, 0.3) is 5.91 Å². The van der Waals surface area contributed by atoms with Crippen molar-refractivity contribution >= 4 is 5.91 Å². The summed E-state index contributed by atoms with van der Waals surface area (Å²) in [5.74, 6) is 0.113. The van der Waals surface area contributed by atoms with Crippen LogP contribution < -0.4 is 5.32 Å². The number of aromatic nitrogens is 1. The van der Waals surface area contributed by atoms with Crippen LogP contribution in [0.15, 0.2) is 10.6 Å². The molecule has 0 aliphatic carbocycles. The molecule has 1 amide bonds. The normalized spacial score (nSPS) is 12.5. The SMILES string of the molecule is COCc1cc(C(=O)N[C@@H](C)CO)no1. The first-order valence-corrected chi connectivity index (χ1v) is 4.53. The number of hydrogen-bond acceptors (Lipinski definition) is 5. The summed E-state index contributed by atoms with van der Waals surface area (Å²) in [5, 5.41) is 14.9. The van der Waals surface area contributed by atoms with Gasteiger partial charge in [0, 0.05) is 19.2 Å². The van der Waals surface area contributed by atoms with Gasteiger partial charge in [0.2, 0.25) is 0 Å². The maximum Gasteiger partial charge on any atom is 0.273 e. The minimum absolute atomic E-state index is 0.117. The second-order valence-electron chi connectivity index (χ2n) is 3.17. The lowest BCUT2D eigenvalue weighted by atomic mass is 10.3. The highest BCUT2D eigenvalue weighted by Crippen LogP contribution is 2.04. The zero-order chi connectivity index (χ0) is 11.3. The van der Waals surface area contributed by atoms with E-state index < -0.39 is 0 Å². The molecule has 0 unspecified atom stereocenters. The number of aliphatic hydroxyl groups is 1. The highest BCUT2D eigenvalue weighted by molar-refractivity contribution is 5.92. The summed E-state index contributed by atoms with van der Waals surface area (Å²) in [5.41, 5.74) is 0.183. The first-order chi connectivity index (χ1) is 7.17. The van der Waals surface area contributed by atoms with Crippen LogP contribution in [0.2, 0.25) is 0 Å². The van der Waals surface area contributed by atoms with Crippen molar-refractivity contribution in [3.63, 3.8) is 0 Å². The molecule has 84 valence electrons. The lowest BCUT2D eigenvalue weighted by Crippen LogP contribution is -2.35. The fraction of sp³-hybridized carbons (Fsp3) is 0.556. The van der Waals surface area contributed by atoms with Crippen LogP contribution in [-0.4, -0.2) is 35.9 Å². The number of nitrogens with one attached hydrogen (secondary N) is 1. The lowest BCUT2D eigenvalue weighted by molar-refractivity contribution is 0.0912. The number of methoxy groups -OCH3 is 1. The predicted octanol–water partition coefficient (Wildman–Crippen LogP) is -0.0684. The Morgan fingerprint density at radius 1 is 1.80 bits per heavy atom. The van der Waals surface area contributed by atoms with Gasteiger partial charge in [-0.2, -0.15) is 0 Å². The Morgan fingerprint density at radius 3 is 3.13 bits per heavy atom. The van der Waals surface area contributed by atoms with E-state index in [0.29, 0.717) is 5.76 Å². The quantitative estimate of drug-likeness (QED) is 0.716. The molecule has 15 heavy (non-hydrogen) atoms. The monoisotopic (exact) mass is 214 g/mol. The molecule has 1 rings (SSSR count).